The van der Waals surface area contributed by atoms with E-state index in [0.717, 1.165) is 0 Å². The van der Waals surface area contributed by atoms with Gasteiger partial charge in [0.1, 0.15) is 0 Å². The zero-order valence-electron chi connectivity index (χ0n) is 2.14. The van der Waals surface area contributed by atoms with Crippen molar-refractivity contribution in [3.05, 3.63) is 0 Å². The van der Waals surface area contributed by atoms with E-state index in [1.54, 1.807) is 0 Å². The Bertz CT molecular complexity index is 21.0. The quantitative estimate of drug-likeness (QED) is 0.363. The van der Waals surface area contributed by atoms with E-state index in [9.17, 15) is 0 Å². The van der Waals surface area contributed by atoms with Gasteiger partial charge in [-0.05, 0) is 0 Å². The van der Waals surface area contributed by atoms with Gasteiger partial charge in [-0.3, -0.25) is 0 Å². The molecule has 0 aliphatic rings. The van der Waals surface area contributed by atoms with Gasteiger partial charge in [0.25, 0.3) is 0 Å². The van der Waals surface area contributed by atoms with Gasteiger partial charge >= 0.3 is 82.1 Å². The van der Waals surface area contributed by atoms with Crippen LogP contribution < -0.4 is 0 Å². The summed E-state index contributed by atoms with van der Waals surface area (Å²) in [4.78, 5) is 0. The summed E-state index contributed by atoms with van der Waals surface area (Å²) in [5.74, 6) is 0. The molecular formula is Br4Pt2. The fourth-order valence-corrected chi connectivity index (χ4v) is 0. The zero-order valence-corrected chi connectivity index (χ0v) is 13.0. The molecule has 0 aromatic carbocycles. The first-order valence-electron chi connectivity index (χ1n) is 0.478. The summed E-state index contributed by atoms with van der Waals surface area (Å²) < 4.78 is 0. The van der Waals surface area contributed by atoms with Crippen LogP contribution in [0.15, 0.2) is 0 Å². The van der Waals surface area contributed by atoms with Crippen molar-refractivity contribution in [1.29, 1.82) is 0 Å². The summed E-state index contributed by atoms with van der Waals surface area (Å²) >= 11 is 13.2. The zero-order chi connectivity index (χ0) is 4.50. The Morgan fingerprint density at radius 3 is 0.833 bits per heavy atom. The summed E-state index contributed by atoms with van der Waals surface area (Å²) in [6.07, 6.45) is 0. The molecular weight excluding hydrogens is 710 g/mol. The maximum absolute atomic E-state index is 3.31. The summed E-state index contributed by atoms with van der Waals surface area (Å²) in [6, 6.07) is 0. The molecule has 0 spiro atoms. The van der Waals surface area contributed by atoms with Crippen molar-refractivity contribution in [1.82, 2.24) is 0 Å². The van der Waals surface area contributed by atoms with Crippen LogP contribution in [0.3, 0.4) is 0 Å². The molecule has 6 heteroatoms. The first-order chi connectivity index (χ1) is 2.00. The maximum atomic E-state index is 3.31. The summed E-state index contributed by atoms with van der Waals surface area (Å²) in [5.41, 5.74) is 0. The molecule has 0 bridgehead atoms. The third-order valence-electron chi connectivity index (χ3n) is 0. The molecule has 0 unspecified atom stereocenters. The van der Waals surface area contributed by atoms with Crippen molar-refractivity contribution in [2.24, 2.45) is 0 Å². The minimum atomic E-state index is -1.69. The average molecular weight is 710 g/mol. The van der Waals surface area contributed by atoms with E-state index in [2.05, 4.69) is 53.2 Å². The first-order valence-corrected chi connectivity index (χ1v) is 20.3. The predicted octanol–water partition coefficient (Wildman–Crippen LogP) is 3.38. The molecule has 0 rings (SSSR count). The molecule has 0 atom stereocenters. The Hall–Kier alpha value is 3.30. The van der Waals surface area contributed by atoms with Crippen LogP contribution in [0, 0.1) is 0 Å². The molecule has 0 saturated carbocycles. The van der Waals surface area contributed by atoms with Gasteiger partial charge < -0.3 is 0 Å². The van der Waals surface area contributed by atoms with E-state index in [4.69, 9.17) is 0 Å². The topological polar surface area (TPSA) is 0 Å². The predicted molar refractivity (Wildman–Crippen MR) is 35.7 cm³/mol. The smallest absolute Gasteiger partial charge is 2.00 e. The molecule has 0 saturated heterocycles. The van der Waals surface area contributed by atoms with Gasteiger partial charge in [0.15, 0.2) is 0 Å². The van der Waals surface area contributed by atoms with E-state index in [1.165, 1.54) is 0 Å². The summed E-state index contributed by atoms with van der Waals surface area (Å²) in [7, 11) is -1.69. The van der Waals surface area contributed by atoms with Gasteiger partial charge in [0.2, 0.25) is 0 Å². The molecule has 0 N–H and O–H groups in total. The Morgan fingerprint density at radius 1 is 0.833 bits per heavy atom. The van der Waals surface area contributed by atoms with Crippen molar-refractivity contribution < 1.29 is 28.9 Å². The second-order valence-electron chi connectivity index (χ2n) is 0.271. The SMILES string of the molecule is [Br][Pt-2]([Br])([Br])[Br].[Pt+2]. The monoisotopic (exact) mass is 706 g/mol. The van der Waals surface area contributed by atoms with Crippen LogP contribution in [0.25, 0.3) is 0 Å². The third-order valence-corrected chi connectivity index (χ3v) is 0. The van der Waals surface area contributed by atoms with E-state index in [1.807, 2.05) is 0 Å². The molecule has 0 aliphatic heterocycles. The van der Waals surface area contributed by atoms with Gasteiger partial charge in [0, 0.05) is 0 Å². The van der Waals surface area contributed by atoms with Crippen LogP contribution in [0.4, 0.5) is 0 Å². The van der Waals surface area contributed by atoms with Crippen LogP contribution in [0.5, 0.6) is 0 Å². The molecule has 0 fully saturated rings. The van der Waals surface area contributed by atoms with E-state index < -0.39 is 7.84 Å². The first kappa shape index (κ1) is 12.0. The number of halogens is 4. The number of hydrogen-bond acceptors (Lipinski definition) is 0. The van der Waals surface area contributed by atoms with E-state index in [0.29, 0.717) is 0 Å². The molecule has 0 aliphatic carbocycles. The molecule has 0 nitrogen and oxygen atoms in total. The minimum absolute atomic E-state index is 0. The van der Waals surface area contributed by atoms with Crippen LogP contribution in [0.1, 0.15) is 0 Å². The Morgan fingerprint density at radius 2 is 0.833 bits per heavy atom. The van der Waals surface area contributed by atoms with Crippen LogP contribution in [0.2, 0.25) is 0 Å². The second kappa shape index (κ2) is 5.11. The minimum Gasteiger partial charge on any atom is 2.00 e. The molecule has 0 heterocycles. The van der Waals surface area contributed by atoms with Crippen LogP contribution in [-0.2, 0) is 28.9 Å². The van der Waals surface area contributed by atoms with Crippen molar-refractivity contribution in [2.75, 3.05) is 0 Å². The molecule has 0 amide bonds. The van der Waals surface area contributed by atoms with E-state index in [-0.39, 0.29) is 21.1 Å². The van der Waals surface area contributed by atoms with Crippen LogP contribution in [-0.4, -0.2) is 0 Å². The van der Waals surface area contributed by atoms with Gasteiger partial charge in [-0.1, -0.05) is 0 Å². The van der Waals surface area contributed by atoms with Gasteiger partial charge in [0.05, 0.1) is 0 Å². The summed E-state index contributed by atoms with van der Waals surface area (Å²) in [5, 5.41) is 0. The second-order valence-corrected chi connectivity index (χ2v) is 59.9. The van der Waals surface area contributed by atoms with Crippen molar-refractivity contribution in [3.63, 3.8) is 0 Å². The maximum Gasteiger partial charge on any atom is 2.00 e. The largest absolute Gasteiger partial charge is 2.00 e. The Balaban J connectivity index is 0. The average Bonchev–Trinajstić information content (AvgIpc) is 0.722. The van der Waals surface area contributed by atoms with Crippen molar-refractivity contribution in [2.45, 2.75) is 0 Å². The summed E-state index contributed by atoms with van der Waals surface area (Å²) in [6.45, 7) is 0. The molecule has 6 heavy (non-hydrogen) atoms. The fraction of sp³-hybridized carbons (Fsp3) is 0. The number of rotatable bonds is 0. The van der Waals surface area contributed by atoms with E-state index >= 15 is 0 Å². The molecule has 0 aromatic heterocycles. The molecule has 0 aromatic rings. The van der Waals surface area contributed by atoms with Gasteiger partial charge in [-0.2, -0.15) is 0 Å². The Labute approximate surface area is 80.2 Å². The molecule has 48 valence electrons. The van der Waals surface area contributed by atoms with Crippen molar-refractivity contribution >= 4 is 53.2 Å². The van der Waals surface area contributed by atoms with Gasteiger partial charge in [-0.15, -0.1) is 0 Å². The third kappa shape index (κ3) is 26.6. The standard InChI is InChI=1S/4BrH.2Pt/h4*1H;;/q;;;;2*+2/p-4. The number of hydrogen-bond donors (Lipinski definition) is 0. The Kier molecular flexibility index (Phi) is 10.2. The fourth-order valence-electron chi connectivity index (χ4n) is 0. The molecule has 0 radical (unpaired) electrons. The van der Waals surface area contributed by atoms with Crippen LogP contribution >= 0.6 is 53.2 Å². The van der Waals surface area contributed by atoms with Crippen molar-refractivity contribution in [3.8, 4) is 0 Å². The van der Waals surface area contributed by atoms with Gasteiger partial charge in [-0.25, -0.2) is 0 Å². The normalized spacial score (nSPS) is 12.7.